The zero-order valence-electron chi connectivity index (χ0n) is 24.3. The van der Waals surface area contributed by atoms with E-state index in [0.717, 1.165) is 82.0 Å². The molecule has 0 aliphatic heterocycles. The molecule has 0 N–H and O–H groups in total. The van der Waals surface area contributed by atoms with Crippen LogP contribution >= 0.6 is 0 Å². The van der Waals surface area contributed by atoms with Crippen molar-refractivity contribution >= 4 is 5.78 Å². The van der Waals surface area contributed by atoms with Crippen LogP contribution in [0, 0.1) is 0 Å². The summed E-state index contributed by atoms with van der Waals surface area (Å²) in [5, 5.41) is 0. The zero-order valence-corrected chi connectivity index (χ0v) is 28.6. The van der Waals surface area contributed by atoms with E-state index < -0.39 is 0 Å². The highest BCUT2D eigenvalue weighted by molar-refractivity contribution is 6.22. The van der Waals surface area contributed by atoms with Gasteiger partial charge in [-0.15, -0.1) is 0 Å². The molecule has 0 amide bonds. The summed E-state index contributed by atoms with van der Waals surface area (Å²) in [6, 6.07) is 11.9. The first-order valence-corrected chi connectivity index (χ1v) is 14.2. The third kappa shape index (κ3) is 8.07. The van der Waals surface area contributed by atoms with Crippen molar-refractivity contribution < 1.29 is 71.2 Å². The van der Waals surface area contributed by atoms with Gasteiger partial charge in [-0.1, -0.05) is 13.8 Å². The molecule has 0 radical (unpaired) electrons. The van der Waals surface area contributed by atoms with Crippen molar-refractivity contribution in [1.29, 1.82) is 0 Å². The molecule has 7 heteroatoms. The van der Waals surface area contributed by atoms with Crippen LogP contribution in [0.2, 0.25) is 0 Å². The zero-order chi connectivity index (χ0) is 26.2. The van der Waals surface area contributed by atoms with E-state index in [1.807, 2.05) is 36.4 Å². The van der Waals surface area contributed by atoms with Gasteiger partial charge in [-0.25, -0.2) is 0 Å². The molecular weight excluding hydrogens is 702 g/mol. The van der Waals surface area contributed by atoms with E-state index in [1.165, 1.54) is 25.9 Å². The van der Waals surface area contributed by atoms with E-state index in [4.69, 9.17) is 9.47 Å². The number of hydrogen-bond donors (Lipinski definition) is 0. The van der Waals surface area contributed by atoms with Gasteiger partial charge in [0.1, 0.15) is 37.8 Å². The second-order valence-electron chi connectivity index (χ2n) is 10.3. The van der Waals surface area contributed by atoms with Crippen molar-refractivity contribution in [3.63, 3.8) is 0 Å². The third-order valence-corrected chi connectivity index (χ3v) is 8.51. The Balaban J connectivity index is 0.00000361. The van der Waals surface area contributed by atoms with E-state index >= 15 is 0 Å². The molecule has 2 aromatic carbocycles. The molecule has 38 heavy (non-hydrogen) atoms. The fourth-order valence-corrected chi connectivity index (χ4v) is 5.82. The molecule has 1 aliphatic rings. The molecule has 2 aromatic rings. The Bertz CT molecular complexity index is 941. The predicted molar refractivity (Wildman–Crippen MR) is 149 cm³/mol. The Morgan fingerprint density at radius 1 is 0.553 bits per heavy atom. The first kappa shape index (κ1) is 35.1. The molecule has 3 rings (SSSR count). The van der Waals surface area contributed by atoms with E-state index in [2.05, 4.69) is 41.5 Å². The van der Waals surface area contributed by atoms with Gasteiger partial charge in [0.2, 0.25) is 0 Å². The van der Waals surface area contributed by atoms with Crippen molar-refractivity contribution in [3.05, 3.63) is 47.5 Å². The van der Waals surface area contributed by atoms with Crippen molar-refractivity contribution in [1.82, 2.24) is 0 Å². The Hall–Kier alpha value is -0.910. The van der Waals surface area contributed by atoms with Crippen LogP contribution in [0.4, 0.5) is 0 Å². The summed E-state index contributed by atoms with van der Waals surface area (Å²) in [6.07, 6.45) is 2.35. The average molecular weight is 751 g/mol. The topological polar surface area (TPSA) is 35.5 Å². The van der Waals surface area contributed by atoms with Gasteiger partial charge in [-0.2, -0.15) is 0 Å². The predicted octanol–water partition coefficient (Wildman–Crippen LogP) is 0.197. The highest BCUT2D eigenvalue weighted by atomic mass is 127. The Labute approximate surface area is 265 Å². The van der Waals surface area contributed by atoms with Crippen LogP contribution in [-0.4, -0.2) is 80.3 Å². The van der Waals surface area contributed by atoms with Gasteiger partial charge in [0, 0.05) is 11.1 Å². The number of quaternary nitrogens is 2. The average Bonchev–Trinajstić information content (AvgIpc) is 3.18. The first-order valence-electron chi connectivity index (χ1n) is 14.2. The second kappa shape index (κ2) is 16.4. The number of nitrogens with zero attached hydrogens (tertiary/aromatic N) is 2. The molecule has 0 unspecified atom stereocenters. The number of hydrogen-bond acceptors (Lipinski definition) is 3. The number of benzene rings is 2. The third-order valence-electron chi connectivity index (χ3n) is 8.51. The molecule has 5 nitrogen and oxygen atoms in total. The molecule has 0 saturated carbocycles. The summed E-state index contributed by atoms with van der Waals surface area (Å²) in [5.41, 5.74) is 3.44. The maximum absolute atomic E-state index is 13.3. The number of carbonyl (C=O) groups excluding carboxylic acids is 1. The summed E-state index contributed by atoms with van der Waals surface area (Å²) >= 11 is 0. The standard InChI is InChI=1S/C31H48N2O3.2HI/c1-7-17-32(9-3,10-4)19-21-35-25-13-15-27-28-16-14-26(24-30(28)31(34)29(27)23-25)36-22-20-33(11-5,12-6)18-8-2;;/h13-16,23-24H,7-12,17-22H2,1-6H3;2*1H/q+2;;/p-2. The molecule has 214 valence electrons. The normalized spacial score (nSPS) is 12.3. The lowest BCUT2D eigenvalue weighted by Crippen LogP contribution is -3.00. The van der Waals surface area contributed by atoms with Gasteiger partial charge in [0.05, 0.1) is 39.3 Å². The number of likely N-dealkylation sites (N-methyl/N-ethyl adjacent to an activating group) is 2. The fraction of sp³-hybridized carbons (Fsp3) is 0.581. The molecule has 0 atom stereocenters. The second-order valence-corrected chi connectivity index (χ2v) is 10.3. The van der Waals surface area contributed by atoms with Crippen LogP contribution in [0.3, 0.4) is 0 Å². The molecule has 0 bridgehead atoms. The van der Waals surface area contributed by atoms with Crippen LogP contribution in [0.25, 0.3) is 11.1 Å². The number of halogens is 2. The van der Waals surface area contributed by atoms with Gasteiger partial charge in [0.25, 0.3) is 0 Å². The summed E-state index contributed by atoms with van der Waals surface area (Å²) in [4.78, 5) is 13.3. The minimum atomic E-state index is 0. The number of ketones is 1. The van der Waals surface area contributed by atoms with Crippen molar-refractivity contribution in [2.75, 3.05) is 65.6 Å². The monoisotopic (exact) mass is 750 g/mol. The van der Waals surface area contributed by atoms with E-state index in [-0.39, 0.29) is 53.7 Å². The lowest BCUT2D eigenvalue weighted by molar-refractivity contribution is -0.924. The van der Waals surface area contributed by atoms with Crippen LogP contribution in [0.15, 0.2) is 36.4 Å². The van der Waals surface area contributed by atoms with Gasteiger partial charge in [-0.05, 0) is 88.1 Å². The van der Waals surface area contributed by atoms with Gasteiger partial charge in [0.15, 0.2) is 5.78 Å². The lowest BCUT2D eigenvalue weighted by atomic mass is 10.1. The largest absolute Gasteiger partial charge is 1.00 e. The molecule has 0 heterocycles. The van der Waals surface area contributed by atoms with Crippen molar-refractivity contribution in [2.24, 2.45) is 0 Å². The quantitative estimate of drug-likeness (QED) is 0.155. The molecular formula is C31H48I2N2O3. The number of rotatable bonds is 16. The molecule has 0 aromatic heterocycles. The van der Waals surface area contributed by atoms with Crippen LogP contribution in [-0.2, 0) is 0 Å². The fourth-order valence-electron chi connectivity index (χ4n) is 5.82. The van der Waals surface area contributed by atoms with Crippen LogP contribution in [0.1, 0.15) is 70.3 Å². The Kier molecular flexibility index (Phi) is 15.1. The number of ether oxygens (including phenoxy) is 2. The minimum Gasteiger partial charge on any atom is -1.00 e. The highest BCUT2D eigenvalue weighted by Crippen LogP contribution is 2.40. The number of carbonyl (C=O) groups is 1. The van der Waals surface area contributed by atoms with Crippen molar-refractivity contribution in [3.8, 4) is 22.6 Å². The first-order chi connectivity index (χ1) is 17.4. The maximum atomic E-state index is 13.3. The maximum Gasteiger partial charge on any atom is 0.194 e. The van der Waals surface area contributed by atoms with Gasteiger partial charge < -0.3 is 66.4 Å². The Morgan fingerprint density at radius 3 is 1.24 bits per heavy atom. The molecule has 1 aliphatic carbocycles. The van der Waals surface area contributed by atoms with Crippen LogP contribution in [0.5, 0.6) is 11.5 Å². The van der Waals surface area contributed by atoms with E-state index in [9.17, 15) is 4.79 Å². The summed E-state index contributed by atoms with van der Waals surface area (Å²) < 4.78 is 14.4. The smallest absolute Gasteiger partial charge is 0.194 e. The van der Waals surface area contributed by atoms with E-state index in [0.29, 0.717) is 13.2 Å². The van der Waals surface area contributed by atoms with E-state index in [1.54, 1.807) is 0 Å². The minimum absolute atomic E-state index is 0. The molecule has 0 spiro atoms. The summed E-state index contributed by atoms with van der Waals surface area (Å²) in [6.45, 7) is 23.6. The summed E-state index contributed by atoms with van der Waals surface area (Å²) in [7, 11) is 0. The van der Waals surface area contributed by atoms with Gasteiger partial charge in [-0.3, -0.25) is 4.79 Å². The summed E-state index contributed by atoms with van der Waals surface area (Å²) in [5.74, 6) is 1.61. The molecule has 0 saturated heterocycles. The lowest BCUT2D eigenvalue weighted by Gasteiger charge is -2.36. The SMILES string of the molecule is CCC[N+](CC)(CC)CCOc1ccc2c(c1)C(=O)c1cc(OCC[N+](CC)(CC)CCC)ccc1-2.[I-].[I-]. The molecule has 0 fully saturated rings. The highest BCUT2D eigenvalue weighted by Gasteiger charge is 2.28. The van der Waals surface area contributed by atoms with Gasteiger partial charge >= 0.3 is 0 Å². The Morgan fingerprint density at radius 2 is 0.921 bits per heavy atom. The van der Waals surface area contributed by atoms with Crippen LogP contribution < -0.4 is 57.4 Å². The van der Waals surface area contributed by atoms with Crippen molar-refractivity contribution in [2.45, 2.75) is 54.4 Å². The number of fused-ring (bicyclic) bond motifs is 3.